The maximum atomic E-state index is 11.0. The van der Waals surface area contributed by atoms with Crippen LogP contribution in [-0.4, -0.2) is 36.9 Å². The molecule has 0 aromatic carbocycles. The van der Waals surface area contributed by atoms with Gasteiger partial charge in [-0.1, -0.05) is 0 Å². The molecule has 0 aromatic heterocycles. The number of carbonyl (C=O) groups excluding carboxylic acids is 1. The van der Waals surface area contributed by atoms with E-state index in [0.29, 0.717) is 12.5 Å². The first-order chi connectivity index (χ1) is 6.24. The smallest absolute Gasteiger partial charge is 0.157 e. The van der Waals surface area contributed by atoms with Crippen LogP contribution in [0.5, 0.6) is 0 Å². The molecule has 1 aliphatic heterocycles. The molecule has 1 atom stereocenters. The normalized spacial score (nSPS) is 29.5. The zero-order valence-electron chi connectivity index (χ0n) is 8.05. The third-order valence-corrected chi connectivity index (χ3v) is 2.76. The van der Waals surface area contributed by atoms with Crippen LogP contribution in [0.25, 0.3) is 0 Å². The van der Waals surface area contributed by atoms with Crippen molar-refractivity contribution in [3.05, 3.63) is 11.8 Å². The highest BCUT2D eigenvalue weighted by Crippen LogP contribution is 2.15. The van der Waals surface area contributed by atoms with Crippen molar-refractivity contribution in [1.82, 2.24) is 10.2 Å². The molecule has 0 saturated carbocycles. The lowest BCUT2D eigenvalue weighted by atomic mass is 10.2. The summed E-state index contributed by atoms with van der Waals surface area (Å²) in [5.41, 5.74) is 1.14. The fraction of sp³-hybridized carbons (Fsp3) is 0.700. The SMILES string of the molecule is CN1CCC(NC2=CC(=O)CC2)C1. The number of allylic oxidation sites excluding steroid dienone is 2. The molecule has 72 valence electrons. The summed E-state index contributed by atoms with van der Waals surface area (Å²) >= 11 is 0. The first-order valence-electron chi connectivity index (χ1n) is 4.92. The average molecular weight is 180 g/mol. The molecule has 3 heteroatoms. The van der Waals surface area contributed by atoms with Crippen molar-refractivity contribution in [2.24, 2.45) is 0 Å². The van der Waals surface area contributed by atoms with Gasteiger partial charge in [0.05, 0.1) is 0 Å². The van der Waals surface area contributed by atoms with Gasteiger partial charge in [-0.2, -0.15) is 0 Å². The van der Waals surface area contributed by atoms with Crippen LogP contribution in [-0.2, 0) is 4.79 Å². The number of rotatable bonds is 2. The summed E-state index contributed by atoms with van der Waals surface area (Å²) in [4.78, 5) is 13.3. The highest BCUT2D eigenvalue weighted by molar-refractivity contribution is 5.92. The summed E-state index contributed by atoms with van der Waals surface area (Å²) in [5.74, 6) is 0.272. The average Bonchev–Trinajstić information content (AvgIpc) is 2.62. The predicted octanol–water partition coefficient (Wildman–Crippen LogP) is 0.527. The standard InChI is InChI=1S/C10H16N2O/c1-12-5-4-9(7-12)11-8-2-3-10(13)6-8/h6,9,11H,2-5,7H2,1H3. The van der Waals surface area contributed by atoms with E-state index >= 15 is 0 Å². The van der Waals surface area contributed by atoms with Gasteiger partial charge >= 0.3 is 0 Å². The summed E-state index contributed by atoms with van der Waals surface area (Å²) in [6.45, 7) is 2.27. The Balaban J connectivity index is 1.85. The second-order valence-corrected chi connectivity index (χ2v) is 4.03. The molecule has 2 aliphatic rings. The van der Waals surface area contributed by atoms with E-state index in [4.69, 9.17) is 0 Å². The van der Waals surface area contributed by atoms with Crippen LogP contribution in [0.3, 0.4) is 0 Å². The van der Waals surface area contributed by atoms with Crippen LogP contribution >= 0.6 is 0 Å². The van der Waals surface area contributed by atoms with E-state index in [-0.39, 0.29) is 5.78 Å². The topological polar surface area (TPSA) is 32.3 Å². The van der Waals surface area contributed by atoms with Crippen molar-refractivity contribution in [3.8, 4) is 0 Å². The van der Waals surface area contributed by atoms with Gasteiger partial charge in [-0.3, -0.25) is 4.79 Å². The summed E-state index contributed by atoms with van der Waals surface area (Å²) in [5, 5.41) is 3.44. The van der Waals surface area contributed by atoms with Crippen molar-refractivity contribution in [3.63, 3.8) is 0 Å². The number of nitrogens with one attached hydrogen (secondary N) is 1. The van der Waals surface area contributed by atoms with Gasteiger partial charge in [0.1, 0.15) is 0 Å². The lowest BCUT2D eigenvalue weighted by Crippen LogP contribution is -2.30. The second-order valence-electron chi connectivity index (χ2n) is 4.03. The van der Waals surface area contributed by atoms with E-state index < -0.39 is 0 Å². The van der Waals surface area contributed by atoms with E-state index in [1.165, 1.54) is 13.0 Å². The van der Waals surface area contributed by atoms with Crippen molar-refractivity contribution in [1.29, 1.82) is 0 Å². The van der Waals surface area contributed by atoms with E-state index in [2.05, 4.69) is 17.3 Å². The highest BCUT2D eigenvalue weighted by Gasteiger charge is 2.21. The van der Waals surface area contributed by atoms with Gasteiger partial charge in [0, 0.05) is 30.8 Å². The zero-order chi connectivity index (χ0) is 9.26. The molecule has 1 N–H and O–H groups in total. The minimum atomic E-state index is 0.272. The zero-order valence-corrected chi connectivity index (χ0v) is 8.05. The Morgan fingerprint density at radius 3 is 2.92 bits per heavy atom. The molecule has 1 heterocycles. The minimum absolute atomic E-state index is 0.272. The van der Waals surface area contributed by atoms with Crippen molar-refractivity contribution < 1.29 is 4.79 Å². The fourth-order valence-electron chi connectivity index (χ4n) is 2.03. The number of hydrogen-bond donors (Lipinski definition) is 1. The summed E-state index contributed by atoms with van der Waals surface area (Å²) < 4.78 is 0. The van der Waals surface area contributed by atoms with Gasteiger partial charge in [0.2, 0.25) is 0 Å². The van der Waals surface area contributed by atoms with Crippen molar-refractivity contribution >= 4 is 5.78 Å². The number of carbonyl (C=O) groups is 1. The molecule has 0 spiro atoms. The first-order valence-corrected chi connectivity index (χ1v) is 4.92. The van der Waals surface area contributed by atoms with Crippen LogP contribution in [0.1, 0.15) is 19.3 Å². The molecule has 1 fully saturated rings. The molecule has 1 unspecified atom stereocenters. The molecule has 0 aromatic rings. The van der Waals surface area contributed by atoms with Gasteiger partial charge in [0.25, 0.3) is 0 Å². The summed E-state index contributed by atoms with van der Waals surface area (Å²) in [7, 11) is 2.13. The van der Waals surface area contributed by atoms with Gasteiger partial charge in [0.15, 0.2) is 5.78 Å². The maximum absolute atomic E-state index is 11.0. The van der Waals surface area contributed by atoms with Crippen molar-refractivity contribution in [2.45, 2.75) is 25.3 Å². The third-order valence-electron chi connectivity index (χ3n) is 2.76. The number of likely N-dealkylation sites (tertiary alicyclic amines) is 1. The number of ketones is 1. The largest absolute Gasteiger partial charge is 0.384 e. The van der Waals surface area contributed by atoms with Crippen LogP contribution in [0.4, 0.5) is 0 Å². The van der Waals surface area contributed by atoms with Gasteiger partial charge in [-0.25, -0.2) is 0 Å². The molecule has 0 amide bonds. The van der Waals surface area contributed by atoms with Crippen LogP contribution in [0, 0.1) is 0 Å². The second kappa shape index (κ2) is 3.50. The Morgan fingerprint density at radius 1 is 1.54 bits per heavy atom. The Kier molecular flexibility index (Phi) is 2.36. The van der Waals surface area contributed by atoms with E-state index in [0.717, 1.165) is 18.7 Å². The lowest BCUT2D eigenvalue weighted by Gasteiger charge is -2.14. The highest BCUT2D eigenvalue weighted by atomic mass is 16.1. The Bertz CT molecular complexity index is 247. The lowest BCUT2D eigenvalue weighted by molar-refractivity contribution is -0.114. The molecule has 1 saturated heterocycles. The predicted molar refractivity (Wildman–Crippen MR) is 51.4 cm³/mol. The number of nitrogens with zero attached hydrogens (tertiary/aromatic N) is 1. The van der Waals surface area contributed by atoms with Crippen LogP contribution in [0.2, 0.25) is 0 Å². The Labute approximate surface area is 78.8 Å². The molecule has 0 bridgehead atoms. The molecule has 13 heavy (non-hydrogen) atoms. The fourth-order valence-corrected chi connectivity index (χ4v) is 2.03. The monoisotopic (exact) mass is 180 g/mol. The van der Waals surface area contributed by atoms with Gasteiger partial charge in [-0.05, 0) is 26.4 Å². The van der Waals surface area contributed by atoms with E-state index in [9.17, 15) is 4.79 Å². The molecule has 2 rings (SSSR count). The molecular weight excluding hydrogens is 164 g/mol. The maximum Gasteiger partial charge on any atom is 0.157 e. The number of likely N-dealkylation sites (N-methyl/N-ethyl adjacent to an activating group) is 1. The third kappa shape index (κ3) is 2.10. The minimum Gasteiger partial charge on any atom is -0.384 e. The Hall–Kier alpha value is -0.830. The summed E-state index contributed by atoms with van der Waals surface area (Å²) in [6.07, 6.45) is 4.57. The molecule has 1 aliphatic carbocycles. The first kappa shape index (κ1) is 8.75. The van der Waals surface area contributed by atoms with E-state index in [1.807, 2.05) is 0 Å². The molecule has 0 radical (unpaired) electrons. The van der Waals surface area contributed by atoms with Gasteiger partial charge < -0.3 is 10.2 Å². The Morgan fingerprint density at radius 2 is 2.38 bits per heavy atom. The molecular formula is C10H16N2O. The molecule has 3 nitrogen and oxygen atoms in total. The van der Waals surface area contributed by atoms with Crippen molar-refractivity contribution in [2.75, 3.05) is 20.1 Å². The quantitative estimate of drug-likeness (QED) is 0.672. The number of hydrogen-bond acceptors (Lipinski definition) is 3. The summed E-state index contributed by atoms with van der Waals surface area (Å²) in [6, 6.07) is 0.558. The van der Waals surface area contributed by atoms with Gasteiger partial charge in [-0.15, -0.1) is 0 Å². The van der Waals surface area contributed by atoms with Crippen LogP contribution in [0.15, 0.2) is 11.8 Å². The van der Waals surface area contributed by atoms with E-state index in [1.54, 1.807) is 6.08 Å². The van der Waals surface area contributed by atoms with Crippen LogP contribution < -0.4 is 5.32 Å².